The van der Waals surface area contributed by atoms with Gasteiger partial charge in [-0.15, -0.1) is 0 Å². The topological polar surface area (TPSA) is 9.23 Å². The molecule has 0 aromatic heterocycles. The Hall–Kier alpha value is -0.850. The number of hydrogen-bond acceptors (Lipinski definition) is 1. The van der Waals surface area contributed by atoms with Crippen LogP contribution >= 0.6 is 15.9 Å². The molecule has 0 fully saturated rings. The zero-order chi connectivity index (χ0) is 13.3. The van der Waals surface area contributed by atoms with Gasteiger partial charge in [0.05, 0.1) is 4.47 Å². The summed E-state index contributed by atoms with van der Waals surface area (Å²) in [6, 6.07) is 5.46. The molecule has 1 aromatic carbocycles. The number of ether oxygens (including phenoxy) is 1. The predicted octanol–water partition coefficient (Wildman–Crippen LogP) is 4.62. The molecule has 0 saturated heterocycles. The first-order chi connectivity index (χ1) is 7.64. The molecule has 17 heavy (non-hydrogen) atoms. The summed E-state index contributed by atoms with van der Waals surface area (Å²) in [5.41, 5.74) is 0. The quantitative estimate of drug-likeness (QED) is 0.739. The molecule has 0 radical (unpaired) electrons. The molecule has 0 saturated carbocycles. The molecule has 0 aliphatic carbocycles. The number of benzene rings is 1. The lowest BCUT2D eigenvalue weighted by Crippen LogP contribution is -2.41. The molecule has 1 atom stereocenters. The van der Waals surface area contributed by atoms with Crippen molar-refractivity contribution >= 4 is 15.9 Å². The highest BCUT2D eigenvalue weighted by atomic mass is 79.9. The Morgan fingerprint density at radius 1 is 1.12 bits per heavy atom. The standard InChI is InChI=1S/C10H8BrF5O/c1-6(9(12,13)14)10(15,16)17-8-5-3-2-4-7(8)11/h2-6H,1H3. The number of alkyl halides is 5. The van der Waals surface area contributed by atoms with Gasteiger partial charge in [0.25, 0.3) is 0 Å². The lowest BCUT2D eigenvalue weighted by Gasteiger charge is -2.26. The van der Waals surface area contributed by atoms with E-state index >= 15 is 0 Å². The molecule has 1 unspecified atom stereocenters. The van der Waals surface area contributed by atoms with Crippen LogP contribution in [0.4, 0.5) is 22.0 Å². The minimum atomic E-state index is -5.02. The van der Waals surface area contributed by atoms with E-state index in [9.17, 15) is 22.0 Å². The van der Waals surface area contributed by atoms with Crippen molar-refractivity contribution in [3.63, 3.8) is 0 Å². The number of para-hydroxylation sites is 1. The van der Waals surface area contributed by atoms with E-state index in [1.54, 1.807) is 0 Å². The third kappa shape index (κ3) is 3.55. The Bertz CT molecular complexity index is 391. The smallest absolute Gasteiger partial charge is 0.409 e. The van der Waals surface area contributed by atoms with Gasteiger partial charge in [-0.05, 0) is 35.0 Å². The van der Waals surface area contributed by atoms with Gasteiger partial charge < -0.3 is 4.74 Å². The fraction of sp³-hybridized carbons (Fsp3) is 0.400. The average Bonchev–Trinajstić information content (AvgIpc) is 2.19. The first-order valence-corrected chi connectivity index (χ1v) is 5.32. The molecule has 1 aromatic rings. The number of halogens is 6. The van der Waals surface area contributed by atoms with Crippen LogP contribution in [0.5, 0.6) is 5.75 Å². The second-order valence-corrected chi connectivity index (χ2v) is 4.21. The molecule has 0 heterocycles. The van der Waals surface area contributed by atoms with Crippen LogP contribution in [0.3, 0.4) is 0 Å². The highest BCUT2D eigenvalue weighted by Gasteiger charge is 2.55. The van der Waals surface area contributed by atoms with Crippen LogP contribution in [0.25, 0.3) is 0 Å². The maximum absolute atomic E-state index is 13.2. The van der Waals surface area contributed by atoms with Gasteiger partial charge in [0.2, 0.25) is 0 Å². The largest absolute Gasteiger partial charge is 0.431 e. The average molecular weight is 319 g/mol. The van der Waals surface area contributed by atoms with Crippen molar-refractivity contribution in [3.05, 3.63) is 28.7 Å². The van der Waals surface area contributed by atoms with Gasteiger partial charge >= 0.3 is 12.3 Å². The predicted molar refractivity (Wildman–Crippen MR) is 54.9 cm³/mol. The lowest BCUT2D eigenvalue weighted by molar-refractivity contribution is -0.298. The Morgan fingerprint density at radius 2 is 1.65 bits per heavy atom. The molecule has 0 aliphatic rings. The van der Waals surface area contributed by atoms with Gasteiger partial charge in [0.1, 0.15) is 5.75 Å². The number of rotatable bonds is 3. The first kappa shape index (κ1) is 14.2. The van der Waals surface area contributed by atoms with Gasteiger partial charge in [-0.25, -0.2) is 0 Å². The van der Waals surface area contributed by atoms with Crippen molar-refractivity contribution in [1.82, 2.24) is 0 Å². The summed E-state index contributed by atoms with van der Waals surface area (Å²) >= 11 is 2.91. The van der Waals surface area contributed by atoms with Crippen LogP contribution in [-0.2, 0) is 0 Å². The summed E-state index contributed by atoms with van der Waals surface area (Å²) in [5.74, 6) is -3.23. The summed E-state index contributed by atoms with van der Waals surface area (Å²) in [6.07, 6.45) is -9.34. The summed E-state index contributed by atoms with van der Waals surface area (Å²) in [5, 5.41) is 0. The van der Waals surface area contributed by atoms with Crippen molar-refractivity contribution in [2.45, 2.75) is 19.2 Å². The third-order valence-electron chi connectivity index (χ3n) is 2.08. The van der Waals surface area contributed by atoms with Crippen LogP contribution < -0.4 is 4.74 Å². The van der Waals surface area contributed by atoms with Gasteiger partial charge in [0.15, 0.2) is 5.92 Å². The third-order valence-corrected chi connectivity index (χ3v) is 2.73. The fourth-order valence-corrected chi connectivity index (χ4v) is 1.32. The molecular formula is C10H8BrF5O. The minimum Gasteiger partial charge on any atom is -0.431 e. The normalized spacial score (nSPS) is 14.5. The van der Waals surface area contributed by atoms with Crippen molar-refractivity contribution in [2.75, 3.05) is 0 Å². The summed E-state index contributed by atoms with van der Waals surface area (Å²) in [7, 11) is 0. The molecule has 96 valence electrons. The maximum Gasteiger partial charge on any atom is 0.409 e. The van der Waals surface area contributed by atoms with Crippen LogP contribution in [0.15, 0.2) is 28.7 Å². The first-order valence-electron chi connectivity index (χ1n) is 4.52. The highest BCUT2D eigenvalue weighted by Crippen LogP contribution is 2.40. The van der Waals surface area contributed by atoms with Crippen LogP contribution in [0.2, 0.25) is 0 Å². The second-order valence-electron chi connectivity index (χ2n) is 3.36. The van der Waals surface area contributed by atoms with Gasteiger partial charge in [0, 0.05) is 0 Å². The van der Waals surface area contributed by atoms with Crippen molar-refractivity contribution < 1.29 is 26.7 Å². The van der Waals surface area contributed by atoms with Crippen LogP contribution in [0.1, 0.15) is 6.92 Å². The van der Waals surface area contributed by atoms with E-state index in [4.69, 9.17) is 0 Å². The van der Waals surface area contributed by atoms with Gasteiger partial charge in [-0.1, -0.05) is 12.1 Å². The van der Waals surface area contributed by atoms with Crippen molar-refractivity contribution in [3.8, 4) is 5.75 Å². The summed E-state index contributed by atoms with van der Waals surface area (Å²) in [4.78, 5) is 0. The second kappa shape index (κ2) is 4.80. The minimum absolute atomic E-state index is 0.161. The van der Waals surface area contributed by atoms with E-state index in [2.05, 4.69) is 20.7 Å². The van der Waals surface area contributed by atoms with E-state index in [1.807, 2.05) is 0 Å². The van der Waals surface area contributed by atoms with E-state index in [1.165, 1.54) is 18.2 Å². The van der Waals surface area contributed by atoms with Crippen LogP contribution in [-0.4, -0.2) is 12.3 Å². The van der Waals surface area contributed by atoms with Gasteiger partial charge in [-0.2, -0.15) is 22.0 Å². The molecular weight excluding hydrogens is 311 g/mol. The van der Waals surface area contributed by atoms with Crippen molar-refractivity contribution in [1.29, 1.82) is 0 Å². The monoisotopic (exact) mass is 318 g/mol. The molecule has 0 spiro atoms. The number of hydrogen-bond donors (Lipinski definition) is 0. The molecule has 0 amide bonds. The van der Waals surface area contributed by atoms with E-state index in [-0.39, 0.29) is 10.2 Å². The molecule has 0 aliphatic heterocycles. The van der Waals surface area contributed by atoms with Crippen LogP contribution in [0, 0.1) is 5.92 Å². The maximum atomic E-state index is 13.2. The van der Waals surface area contributed by atoms with E-state index in [0.29, 0.717) is 6.92 Å². The summed E-state index contributed by atoms with van der Waals surface area (Å²) in [6.45, 7) is 0.372. The molecule has 0 N–H and O–H groups in total. The van der Waals surface area contributed by atoms with E-state index in [0.717, 1.165) is 6.07 Å². The molecule has 7 heteroatoms. The summed E-state index contributed by atoms with van der Waals surface area (Å²) < 4.78 is 67.2. The lowest BCUT2D eigenvalue weighted by atomic mass is 10.1. The Labute approximate surface area is 103 Å². The van der Waals surface area contributed by atoms with Gasteiger partial charge in [-0.3, -0.25) is 0 Å². The van der Waals surface area contributed by atoms with Crippen molar-refractivity contribution in [2.24, 2.45) is 5.92 Å². The Morgan fingerprint density at radius 3 is 2.12 bits per heavy atom. The van der Waals surface area contributed by atoms with E-state index < -0.39 is 18.2 Å². The zero-order valence-corrected chi connectivity index (χ0v) is 10.1. The Kier molecular flexibility index (Phi) is 4.01. The molecule has 1 nitrogen and oxygen atoms in total. The highest BCUT2D eigenvalue weighted by molar-refractivity contribution is 9.10. The SMILES string of the molecule is CC(C(F)(F)F)C(F)(F)Oc1ccccc1Br. The molecule has 1 rings (SSSR count). The Balaban J connectivity index is 2.90. The fourth-order valence-electron chi connectivity index (χ4n) is 0.953. The molecule has 0 bridgehead atoms. The zero-order valence-electron chi connectivity index (χ0n) is 8.56.